The SMILES string of the molecule is O=C(C[C@H]1CC[C@@H](NC(=O)Nc2cc(F)ccc2F)[C@@H](CO)O1)NCc1ccc2c(c1)OCO2. The van der Waals surface area contributed by atoms with Crippen LogP contribution >= 0.6 is 0 Å². The molecule has 4 rings (SSSR count). The van der Waals surface area contributed by atoms with E-state index in [1.165, 1.54) is 0 Å². The number of ether oxygens (including phenoxy) is 3. The normalized spacial score (nSPS) is 21.1. The lowest BCUT2D eigenvalue weighted by molar-refractivity contribution is -0.130. The summed E-state index contributed by atoms with van der Waals surface area (Å²) in [6.45, 7) is 0.108. The Morgan fingerprint density at radius 3 is 2.71 bits per heavy atom. The molecule has 0 spiro atoms. The van der Waals surface area contributed by atoms with Gasteiger partial charge in [0.2, 0.25) is 12.7 Å². The van der Waals surface area contributed by atoms with Crippen LogP contribution < -0.4 is 25.4 Å². The van der Waals surface area contributed by atoms with E-state index < -0.39 is 35.9 Å². The first kappa shape index (κ1) is 23.7. The molecule has 34 heavy (non-hydrogen) atoms. The van der Waals surface area contributed by atoms with Crippen molar-refractivity contribution in [2.75, 3.05) is 18.7 Å². The van der Waals surface area contributed by atoms with Crippen molar-refractivity contribution in [2.24, 2.45) is 0 Å². The number of benzene rings is 2. The molecule has 0 aliphatic carbocycles. The number of carbonyl (C=O) groups excluding carboxylic acids is 2. The quantitative estimate of drug-likeness (QED) is 0.487. The second kappa shape index (κ2) is 10.7. The van der Waals surface area contributed by atoms with Gasteiger partial charge in [0.05, 0.1) is 30.9 Å². The molecule has 2 aromatic carbocycles. The molecule has 3 amide bonds. The number of fused-ring (bicyclic) bond motifs is 1. The second-order valence-corrected chi connectivity index (χ2v) is 8.05. The van der Waals surface area contributed by atoms with Crippen molar-refractivity contribution in [3.8, 4) is 11.5 Å². The highest BCUT2D eigenvalue weighted by Crippen LogP contribution is 2.32. The summed E-state index contributed by atoms with van der Waals surface area (Å²) in [4.78, 5) is 24.6. The molecular weight excluding hydrogens is 452 g/mol. The minimum absolute atomic E-state index is 0.0917. The molecular formula is C23H25F2N3O6. The highest BCUT2D eigenvalue weighted by molar-refractivity contribution is 5.89. The van der Waals surface area contributed by atoms with Crippen LogP contribution in [0.1, 0.15) is 24.8 Å². The fraction of sp³-hybridized carbons (Fsp3) is 0.391. The number of aliphatic hydroxyl groups excluding tert-OH is 1. The molecule has 0 aromatic heterocycles. The van der Waals surface area contributed by atoms with Crippen LogP contribution in [0.25, 0.3) is 0 Å². The van der Waals surface area contributed by atoms with Crippen molar-refractivity contribution >= 4 is 17.6 Å². The van der Waals surface area contributed by atoms with Gasteiger partial charge in [-0.3, -0.25) is 4.79 Å². The molecule has 11 heteroatoms. The van der Waals surface area contributed by atoms with Gasteiger partial charge in [-0.25, -0.2) is 13.6 Å². The predicted octanol–water partition coefficient (Wildman–Crippen LogP) is 2.43. The number of nitrogens with one attached hydrogen (secondary N) is 3. The average Bonchev–Trinajstić information content (AvgIpc) is 3.29. The highest BCUT2D eigenvalue weighted by atomic mass is 19.1. The fourth-order valence-electron chi connectivity index (χ4n) is 3.90. The highest BCUT2D eigenvalue weighted by Gasteiger charge is 2.33. The van der Waals surface area contributed by atoms with Gasteiger partial charge in [0.25, 0.3) is 0 Å². The summed E-state index contributed by atoms with van der Waals surface area (Å²) in [6, 6.07) is 6.84. The number of anilines is 1. The van der Waals surface area contributed by atoms with Gasteiger partial charge in [-0.05, 0) is 42.7 Å². The number of carbonyl (C=O) groups is 2. The molecule has 0 unspecified atom stereocenters. The number of halogens is 2. The van der Waals surface area contributed by atoms with Crippen LogP contribution in [0.5, 0.6) is 11.5 Å². The number of amides is 3. The Bertz CT molecular complexity index is 1050. The van der Waals surface area contributed by atoms with Crippen LogP contribution in [0.4, 0.5) is 19.3 Å². The minimum atomic E-state index is -0.776. The van der Waals surface area contributed by atoms with Gasteiger partial charge >= 0.3 is 6.03 Å². The molecule has 182 valence electrons. The molecule has 2 aromatic rings. The topological polar surface area (TPSA) is 118 Å². The van der Waals surface area contributed by atoms with E-state index >= 15 is 0 Å². The maximum Gasteiger partial charge on any atom is 0.319 e. The van der Waals surface area contributed by atoms with Crippen LogP contribution in [-0.4, -0.2) is 48.7 Å². The van der Waals surface area contributed by atoms with Gasteiger partial charge in [0, 0.05) is 12.6 Å². The third kappa shape index (κ3) is 5.91. The Labute approximate surface area is 194 Å². The van der Waals surface area contributed by atoms with Crippen molar-refractivity contribution < 1.29 is 37.7 Å². The molecule has 2 aliphatic heterocycles. The molecule has 1 fully saturated rings. The minimum Gasteiger partial charge on any atom is -0.454 e. The summed E-state index contributed by atoms with van der Waals surface area (Å²) in [7, 11) is 0. The molecule has 1 saturated heterocycles. The zero-order chi connectivity index (χ0) is 24.1. The number of hydrogen-bond donors (Lipinski definition) is 4. The second-order valence-electron chi connectivity index (χ2n) is 8.05. The third-order valence-corrected chi connectivity index (χ3v) is 5.63. The van der Waals surface area contributed by atoms with Gasteiger partial charge in [0.1, 0.15) is 17.7 Å². The van der Waals surface area contributed by atoms with E-state index in [-0.39, 0.29) is 31.4 Å². The van der Waals surface area contributed by atoms with E-state index in [9.17, 15) is 23.5 Å². The maximum absolute atomic E-state index is 13.7. The summed E-state index contributed by atoms with van der Waals surface area (Å²) in [5.41, 5.74) is 0.562. The monoisotopic (exact) mass is 477 g/mol. The first-order chi connectivity index (χ1) is 16.4. The van der Waals surface area contributed by atoms with E-state index in [0.717, 1.165) is 23.8 Å². The number of rotatable bonds is 7. The van der Waals surface area contributed by atoms with Crippen molar-refractivity contribution in [2.45, 2.75) is 44.1 Å². The first-order valence-corrected chi connectivity index (χ1v) is 10.9. The zero-order valence-electron chi connectivity index (χ0n) is 18.2. The lowest BCUT2D eigenvalue weighted by Crippen LogP contribution is -2.52. The summed E-state index contributed by atoms with van der Waals surface area (Å²) in [5.74, 6) is -0.382. The van der Waals surface area contributed by atoms with Crippen LogP contribution in [-0.2, 0) is 16.1 Å². The van der Waals surface area contributed by atoms with Crippen LogP contribution in [0.3, 0.4) is 0 Å². The lowest BCUT2D eigenvalue weighted by atomic mass is 9.97. The van der Waals surface area contributed by atoms with Crippen LogP contribution in [0.15, 0.2) is 36.4 Å². The predicted molar refractivity (Wildman–Crippen MR) is 116 cm³/mol. The maximum atomic E-state index is 13.7. The Morgan fingerprint density at radius 2 is 1.88 bits per heavy atom. The van der Waals surface area contributed by atoms with Gasteiger partial charge < -0.3 is 35.3 Å². The summed E-state index contributed by atoms with van der Waals surface area (Å²) < 4.78 is 43.4. The van der Waals surface area contributed by atoms with E-state index in [2.05, 4.69) is 16.0 Å². The van der Waals surface area contributed by atoms with Gasteiger partial charge in [-0.2, -0.15) is 0 Å². The van der Waals surface area contributed by atoms with Crippen molar-refractivity contribution in [1.29, 1.82) is 0 Å². The van der Waals surface area contributed by atoms with E-state index in [1.54, 1.807) is 12.1 Å². The number of urea groups is 1. The molecule has 3 atom stereocenters. The van der Waals surface area contributed by atoms with Crippen LogP contribution in [0.2, 0.25) is 0 Å². The van der Waals surface area contributed by atoms with Crippen LogP contribution in [0, 0.1) is 11.6 Å². The lowest BCUT2D eigenvalue weighted by Gasteiger charge is -2.35. The summed E-state index contributed by atoms with van der Waals surface area (Å²) >= 11 is 0. The smallest absolute Gasteiger partial charge is 0.319 e. The fourth-order valence-corrected chi connectivity index (χ4v) is 3.90. The molecule has 2 aliphatic rings. The zero-order valence-corrected chi connectivity index (χ0v) is 18.2. The molecule has 0 radical (unpaired) electrons. The Morgan fingerprint density at radius 1 is 1.06 bits per heavy atom. The van der Waals surface area contributed by atoms with Crippen molar-refractivity contribution in [3.63, 3.8) is 0 Å². The molecule has 4 N–H and O–H groups in total. The Hall–Kier alpha value is -3.44. The molecule has 2 heterocycles. The van der Waals surface area contributed by atoms with Gasteiger partial charge in [-0.1, -0.05) is 6.07 Å². The van der Waals surface area contributed by atoms with Crippen molar-refractivity contribution in [1.82, 2.24) is 10.6 Å². The van der Waals surface area contributed by atoms with E-state index in [1.807, 2.05) is 6.07 Å². The summed E-state index contributed by atoms with van der Waals surface area (Å²) in [6.07, 6.45) is -0.189. The first-order valence-electron chi connectivity index (χ1n) is 10.9. The number of hydrogen-bond acceptors (Lipinski definition) is 6. The molecule has 0 bridgehead atoms. The van der Waals surface area contributed by atoms with Gasteiger partial charge in [0.15, 0.2) is 11.5 Å². The standard InChI is InChI=1S/C23H25F2N3O6/c24-14-2-4-16(25)18(8-14)28-23(31)27-17-5-3-15(34-21(17)11-29)9-22(30)26-10-13-1-6-19-20(7-13)33-12-32-19/h1-2,4,6-8,15,17,21,29H,3,5,9-12H2,(H,26,30)(H2,27,28,31)/t15-,17-,21-/m1/s1. The third-order valence-electron chi connectivity index (χ3n) is 5.63. The average molecular weight is 477 g/mol. The molecule has 0 saturated carbocycles. The number of aliphatic hydroxyl groups is 1. The largest absolute Gasteiger partial charge is 0.454 e. The Kier molecular flexibility index (Phi) is 7.43. The van der Waals surface area contributed by atoms with Crippen molar-refractivity contribution in [3.05, 3.63) is 53.6 Å². The molecule has 9 nitrogen and oxygen atoms in total. The summed E-state index contributed by atoms with van der Waals surface area (Å²) in [5, 5.41) is 17.4. The van der Waals surface area contributed by atoms with E-state index in [0.29, 0.717) is 30.9 Å². The Balaban J connectivity index is 1.23. The van der Waals surface area contributed by atoms with Gasteiger partial charge in [-0.15, -0.1) is 0 Å². The van der Waals surface area contributed by atoms with E-state index in [4.69, 9.17) is 14.2 Å².